The van der Waals surface area contributed by atoms with Crippen molar-refractivity contribution in [1.82, 2.24) is 4.31 Å². The first kappa shape index (κ1) is 14.9. The maximum absolute atomic E-state index is 11.9. The quantitative estimate of drug-likeness (QED) is 0.692. The van der Waals surface area contributed by atoms with E-state index >= 15 is 0 Å². The first-order valence-corrected chi connectivity index (χ1v) is 7.16. The zero-order valence-electron chi connectivity index (χ0n) is 10.4. The van der Waals surface area contributed by atoms with E-state index in [4.69, 9.17) is 5.11 Å². The van der Waals surface area contributed by atoms with Crippen LogP contribution < -0.4 is 0 Å². The molecule has 1 saturated heterocycles. The summed E-state index contributed by atoms with van der Waals surface area (Å²) in [5, 5.41) is 9.16. The van der Waals surface area contributed by atoms with Gasteiger partial charge in [-0.05, 0) is 12.8 Å². The highest BCUT2D eigenvalue weighted by Gasteiger charge is 2.47. The first-order chi connectivity index (χ1) is 8.27. The number of sulfonamides is 1. The van der Waals surface area contributed by atoms with Crippen LogP contribution in [-0.2, 0) is 24.3 Å². The van der Waals surface area contributed by atoms with E-state index in [0.717, 1.165) is 11.4 Å². The molecule has 0 aliphatic carbocycles. The highest BCUT2D eigenvalue weighted by molar-refractivity contribution is 7.89. The van der Waals surface area contributed by atoms with Crippen molar-refractivity contribution in [3.05, 3.63) is 0 Å². The zero-order chi connectivity index (χ0) is 14.0. The minimum absolute atomic E-state index is 0.0852. The largest absolute Gasteiger partial charge is 0.481 e. The van der Waals surface area contributed by atoms with Gasteiger partial charge in [0, 0.05) is 13.1 Å². The van der Waals surface area contributed by atoms with Crippen molar-refractivity contribution in [3.8, 4) is 0 Å². The first-order valence-electron chi connectivity index (χ1n) is 5.55. The summed E-state index contributed by atoms with van der Waals surface area (Å²) < 4.78 is 29.1. The average Bonchev–Trinajstić information content (AvgIpc) is 2.74. The fourth-order valence-corrected chi connectivity index (χ4v) is 3.40. The van der Waals surface area contributed by atoms with Gasteiger partial charge in [0.1, 0.15) is 0 Å². The third-order valence-corrected chi connectivity index (χ3v) is 5.07. The van der Waals surface area contributed by atoms with Gasteiger partial charge in [0.05, 0.1) is 12.5 Å². The predicted octanol–water partition coefficient (Wildman–Crippen LogP) is -0.324. The maximum Gasteiger partial charge on any atom is 0.322 e. The number of carbonyl (C=O) groups excluding carboxylic acids is 1. The van der Waals surface area contributed by atoms with Crippen molar-refractivity contribution in [2.45, 2.75) is 19.8 Å². The Balaban J connectivity index is 2.83. The Kier molecular flexibility index (Phi) is 4.33. The lowest BCUT2D eigenvalue weighted by Gasteiger charge is -2.22. The summed E-state index contributed by atoms with van der Waals surface area (Å²) in [6.07, 6.45) is 0.617. The topological polar surface area (TPSA) is 101 Å². The Labute approximate surface area is 106 Å². The monoisotopic (exact) mass is 279 g/mol. The molecular weight excluding hydrogens is 262 g/mol. The molecule has 1 unspecified atom stereocenters. The normalized spacial score (nSPS) is 25.0. The number of ether oxygens (including phenoxy) is 1. The number of hydrogen-bond donors (Lipinski definition) is 1. The minimum atomic E-state index is -3.79. The molecule has 0 bridgehead atoms. The van der Waals surface area contributed by atoms with E-state index in [2.05, 4.69) is 4.74 Å². The van der Waals surface area contributed by atoms with E-state index in [-0.39, 0.29) is 19.5 Å². The van der Waals surface area contributed by atoms with Crippen molar-refractivity contribution in [2.75, 3.05) is 26.0 Å². The van der Waals surface area contributed by atoms with Crippen molar-refractivity contribution >= 4 is 22.0 Å². The molecule has 7 nitrogen and oxygen atoms in total. The van der Waals surface area contributed by atoms with Crippen LogP contribution in [0.25, 0.3) is 0 Å². The summed E-state index contributed by atoms with van der Waals surface area (Å²) in [6.45, 7) is 1.75. The summed E-state index contributed by atoms with van der Waals surface area (Å²) in [6, 6.07) is 0. The van der Waals surface area contributed by atoms with Gasteiger partial charge in [-0.3, -0.25) is 9.59 Å². The highest BCUT2D eigenvalue weighted by atomic mass is 32.2. The van der Waals surface area contributed by atoms with Crippen molar-refractivity contribution in [3.63, 3.8) is 0 Å². The third kappa shape index (κ3) is 2.81. The van der Waals surface area contributed by atoms with E-state index in [1.165, 1.54) is 0 Å². The van der Waals surface area contributed by atoms with Crippen LogP contribution in [0.4, 0.5) is 0 Å². The number of carbonyl (C=O) groups is 2. The number of hydrogen-bond acceptors (Lipinski definition) is 5. The van der Waals surface area contributed by atoms with E-state index in [0.29, 0.717) is 6.42 Å². The fourth-order valence-electron chi connectivity index (χ4n) is 1.99. The van der Waals surface area contributed by atoms with Crippen LogP contribution >= 0.6 is 0 Å². The SMILES string of the molecule is CCC1(C(=O)O)CCN(S(=O)(=O)CC(=O)OC)C1. The molecule has 0 amide bonds. The van der Waals surface area contributed by atoms with Crippen LogP contribution in [0.15, 0.2) is 0 Å². The lowest BCUT2D eigenvalue weighted by Crippen LogP contribution is -2.38. The molecule has 0 saturated carbocycles. The second kappa shape index (κ2) is 5.23. The number of nitrogens with zero attached hydrogens (tertiary/aromatic N) is 1. The molecular formula is C10H17NO6S. The van der Waals surface area contributed by atoms with Crippen LogP contribution in [0.5, 0.6) is 0 Å². The summed E-state index contributed by atoms with van der Waals surface area (Å²) in [5.41, 5.74) is -1.04. The second-order valence-electron chi connectivity index (χ2n) is 4.35. The van der Waals surface area contributed by atoms with Gasteiger partial charge in [-0.25, -0.2) is 12.7 Å². The summed E-state index contributed by atoms with van der Waals surface area (Å²) in [7, 11) is -2.68. The Bertz CT molecular complexity index is 445. The number of carboxylic acid groups (broad SMARTS) is 1. The predicted molar refractivity (Wildman–Crippen MR) is 62.4 cm³/mol. The van der Waals surface area contributed by atoms with Crippen LogP contribution in [0.3, 0.4) is 0 Å². The highest BCUT2D eigenvalue weighted by Crippen LogP contribution is 2.35. The molecule has 104 valence electrons. The van der Waals surface area contributed by atoms with Crippen molar-refractivity contribution in [1.29, 1.82) is 0 Å². The van der Waals surface area contributed by atoms with Crippen molar-refractivity contribution < 1.29 is 27.9 Å². The van der Waals surface area contributed by atoms with Crippen LogP contribution in [0.1, 0.15) is 19.8 Å². The van der Waals surface area contributed by atoms with Gasteiger partial charge in [0.15, 0.2) is 5.75 Å². The summed E-state index contributed by atoms with van der Waals surface area (Å²) in [5.74, 6) is -2.59. The molecule has 1 N–H and O–H groups in total. The molecule has 0 aromatic heterocycles. The standard InChI is InChI=1S/C10H17NO6S/c1-3-10(9(13)14)4-5-11(7-10)18(15,16)6-8(12)17-2/h3-7H2,1-2H3,(H,13,14). The maximum atomic E-state index is 11.9. The number of aliphatic carboxylic acids is 1. The van der Waals surface area contributed by atoms with E-state index in [1.807, 2.05) is 0 Å². The van der Waals surface area contributed by atoms with E-state index in [1.54, 1.807) is 6.92 Å². The van der Waals surface area contributed by atoms with E-state index in [9.17, 15) is 18.0 Å². The number of esters is 1. The van der Waals surface area contributed by atoms with Gasteiger partial charge in [-0.2, -0.15) is 0 Å². The molecule has 0 spiro atoms. The fraction of sp³-hybridized carbons (Fsp3) is 0.800. The Morgan fingerprint density at radius 3 is 2.44 bits per heavy atom. The van der Waals surface area contributed by atoms with Crippen LogP contribution in [0.2, 0.25) is 0 Å². The van der Waals surface area contributed by atoms with Gasteiger partial charge in [-0.15, -0.1) is 0 Å². The number of carboxylic acids is 1. The molecule has 18 heavy (non-hydrogen) atoms. The third-order valence-electron chi connectivity index (χ3n) is 3.37. The molecule has 0 radical (unpaired) electrons. The number of methoxy groups -OCH3 is 1. The molecule has 1 aliphatic rings. The lowest BCUT2D eigenvalue weighted by molar-refractivity contribution is -0.148. The molecule has 1 aliphatic heterocycles. The summed E-state index contributed by atoms with van der Waals surface area (Å²) >= 11 is 0. The van der Waals surface area contributed by atoms with Crippen LogP contribution in [0, 0.1) is 5.41 Å². The molecule has 8 heteroatoms. The van der Waals surface area contributed by atoms with Crippen molar-refractivity contribution in [2.24, 2.45) is 5.41 Å². The average molecular weight is 279 g/mol. The van der Waals surface area contributed by atoms with Gasteiger partial charge < -0.3 is 9.84 Å². The molecule has 0 aromatic carbocycles. The minimum Gasteiger partial charge on any atom is -0.481 e. The second-order valence-corrected chi connectivity index (χ2v) is 6.32. The Morgan fingerprint density at radius 1 is 1.44 bits per heavy atom. The molecule has 1 heterocycles. The molecule has 1 rings (SSSR count). The van der Waals surface area contributed by atoms with Gasteiger partial charge in [0.25, 0.3) is 0 Å². The number of rotatable bonds is 5. The molecule has 0 aromatic rings. The summed E-state index contributed by atoms with van der Waals surface area (Å²) in [4.78, 5) is 22.2. The Morgan fingerprint density at radius 2 is 2.06 bits per heavy atom. The zero-order valence-corrected chi connectivity index (χ0v) is 11.2. The lowest BCUT2D eigenvalue weighted by atomic mass is 9.85. The molecule has 1 atom stereocenters. The molecule has 1 fully saturated rings. The van der Waals surface area contributed by atoms with E-state index < -0.39 is 33.1 Å². The van der Waals surface area contributed by atoms with Gasteiger partial charge >= 0.3 is 11.9 Å². The van der Waals surface area contributed by atoms with Gasteiger partial charge in [-0.1, -0.05) is 6.92 Å². The smallest absolute Gasteiger partial charge is 0.322 e. The Hall–Kier alpha value is -1.15. The van der Waals surface area contributed by atoms with Crippen LogP contribution in [-0.4, -0.2) is 55.7 Å². The van der Waals surface area contributed by atoms with Gasteiger partial charge in [0.2, 0.25) is 10.0 Å².